The maximum Gasteiger partial charge on any atom is 0.255 e. The topological polar surface area (TPSA) is 86.1 Å². The highest BCUT2D eigenvalue weighted by Crippen LogP contribution is 2.27. The van der Waals surface area contributed by atoms with Crippen molar-refractivity contribution in [3.63, 3.8) is 0 Å². The third-order valence-electron chi connectivity index (χ3n) is 3.86. The molecule has 0 unspecified atom stereocenters. The van der Waals surface area contributed by atoms with E-state index in [4.69, 9.17) is 19.9 Å². The number of benzene rings is 1. The van der Waals surface area contributed by atoms with Crippen LogP contribution >= 0.6 is 0 Å². The fraction of sp³-hybridized carbons (Fsp3) is 0.588. The number of carbonyl (C=O) groups excluding carboxylic acids is 1. The summed E-state index contributed by atoms with van der Waals surface area (Å²) in [5.41, 5.74) is 6.19. The number of rotatable bonds is 10. The fourth-order valence-corrected chi connectivity index (χ4v) is 2.58. The summed E-state index contributed by atoms with van der Waals surface area (Å²) in [6.45, 7) is 6.41. The maximum absolute atomic E-state index is 10.8. The van der Waals surface area contributed by atoms with Crippen LogP contribution in [0.2, 0.25) is 0 Å². The molecule has 1 heterocycles. The third kappa shape index (κ3) is 8.91. The number of morpholine rings is 1. The summed E-state index contributed by atoms with van der Waals surface area (Å²) < 4.78 is 16.0. The van der Waals surface area contributed by atoms with Crippen molar-refractivity contribution in [1.82, 2.24) is 10.2 Å². The van der Waals surface area contributed by atoms with E-state index in [0.29, 0.717) is 11.5 Å². The standard InChI is InChI=1S/C17H27N3O4.2ClH/c1-22-16-11-14(3-4-15(16)24-13-17(18)21)12-19-5-2-6-20-7-9-23-10-8-20;;/h3-4,11,19H,2,5-10,12-13H2,1H3,(H2,18,21);2*1H/p-2. The van der Waals surface area contributed by atoms with Crippen LogP contribution in [0.1, 0.15) is 12.0 Å². The molecule has 1 saturated heterocycles. The lowest BCUT2D eigenvalue weighted by atomic mass is 10.2. The van der Waals surface area contributed by atoms with Crippen LogP contribution in [0.15, 0.2) is 18.2 Å². The molecule has 1 aromatic carbocycles. The number of carbonyl (C=O) groups is 1. The largest absolute Gasteiger partial charge is 1.00 e. The summed E-state index contributed by atoms with van der Waals surface area (Å²) in [5.74, 6) is 0.610. The molecule has 7 nitrogen and oxygen atoms in total. The average Bonchev–Trinajstić information content (AvgIpc) is 2.60. The number of hydrogen-bond donors (Lipinski definition) is 2. The Bertz CT molecular complexity index is 529. The highest BCUT2D eigenvalue weighted by molar-refractivity contribution is 5.75. The molecular weight excluding hydrogens is 381 g/mol. The Hall–Kier alpha value is -1.25. The number of methoxy groups -OCH3 is 1. The van der Waals surface area contributed by atoms with Crippen LogP contribution in [-0.2, 0) is 16.1 Å². The molecule has 0 aliphatic carbocycles. The molecule has 26 heavy (non-hydrogen) atoms. The number of halogens is 2. The normalized spacial score (nSPS) is 14.0. The molecule has 3 N–H and O–H groups in total. The molecule has 0 aromatic heterocycles. The SMILES string of the molecule is COc1cc(CNCCCN2CCOCC2)ccc1OCC(N)=O.[Cl-].[Cl-]. The van der Waals surface area contributed by atoms with Gasteiger partial charge in [-0.1, -0.05) is 6.07 Å². The van der Waals surface area contributed by atoms with Gasteiger partial charge in [-0.3, -0.25) is 9.69 Å². The lowest BCUT2D eigenvalue weighted by Gasteiger charge is -2.26. The van der Waals surface area contributed by atoms with E-state index in [1.165, 1.54) is 0 Å². The molecular formula is C17H27Cl2N3O4-2. The molecule has 1 amide bonds. The Morgan fingerprint density at radius 1 is 1.27 bits per heavy atom. The lowest BCUT2D eigenvalue weighted by Crippen LogP contribution is -3.00. The second-order valence-electron chi connectivity index (χ2n) is 5.72. The van der Waals surface area contributed by atoms with Gasteiger partial charge in [-0.15, -0.1) is 0 Å². The zero-order valence-corrected chi connectivity index (χ0v) is 16.5. The van der Waals surface area contributed by atoms with Gasteiger partial charge in [0.25, 0.3) is 5.91 Å². The van der Waals surface area contributed by atoms with Crippen molar-refractivity contribution in [1.29, 1.82) is 0 Å². The minimum absolute atomic E-state index is 0. The van der Waals surface area contributed by atoms with E-state index in [1.54, 1.807) is 13.2 Å². The predicted molar refractivity (Wildman–Crippen MR) is 91.3 cm³/mol. The quantitative estimate of drug-likeness (QED) is 0.376. The van der Waals surface area contributed by atoms with E-state index in [-0.39, 0.29) is 31.4 Å². The smallest absolute Gasteiger partial charge is 0.255 e. The molecule has 0 atom stereocenters. The number of nitrogens with one attached hydrogen (secondary N) is 1. The number of nitrogens with zero attached hydrogens (tertiary/aromatic N) is 1. The van der Waals surface area contributed by atoms with Crippen molar-refractivity contribution in [2.45, 2.75) is 13.0 Å². The Morgan fingerprint density at radius 3 is 2.65 bits per heavy atom. The van der Waals surface area contributed by atoms with Crippen molar-refractivity contribution >= 4 is 5.91 Å². The monoisotopic (exact) mass is 407 g/mol. The first-order valence-corrected chi connectivity index (χ1v) is 8.28. The molecule has 1 aliphatic rings. The summed E-state index contributed by atoms with van der Waals surface area (Å²) in [7, 11) is 1.58. The van der Waals surface area contributed by atoms with Crippen molar-refractivity contribution < 1.29 is 43.8 Å². The minimum Gasteiger partial charge on any atom is -1.00 e. The second-order valence-corrected chi connectivity index (χ2v) is 5.72. The number of nitrogens with two attached hydrogens (primary N) is 1. The van der Waals surface area contributed by atoms with Crippen LogP contribution in [0.3, 0.4) is 0 Å². The van der Waals surface area contributed by atoms with Gasteiger partial charge >= 0.3 is 0 Å². The van der Waals surface area contributed by atoms with E-state index >= 15 is 0 Å². The molecule has 1 aromatic rings. The van der Waals surface area contributed by atoms with Crippen molar-refractivity contribution in [3.05, 3.63) is 23.8 Å². The van der Waals surface area contributed by atoms with Crippen LogP contribution in [0, 0.1) is 0 Å². The predicted octanol–water partition coefficient (Wildman–Crippen LogP) is -5.62. The number of ether oxygens (including phenoxy) is 3. The van der Waals surface area contributed by atoms with Gasteiger partial charge in [0.2, 0.25) is 0 Å². The molecule has 150 valence electrons. The van der Waals surface area contributed by atoms with E-state index in [1.807, 2.05) is 12.1 Å². The fourth-order valence-electron chi connectivity index (χ4n) is 2.58. The summed E-state index contributed by atoms with van der Waals surface area (Å²) in [6, 6.07) is 5.66. The van der Waals surface area contributed by atoms with E-state index < -0.39 is 5.91 Å². The first-order valence-electron chi connectivity index (χ1n) is 8.28. The first kappa shape index (κ1) is 24.8. The summed E-state index contributed by atoms with van der Waals surface area (Å²) in [6.07, 6.45) is 1.11. The highest BCUT2D eigenvalue weighted by Gasteiger charge is 2.09. The molecule has 0 saturated carbocycles. The lowest BCUT2D eigenvalue weighted by molar-refractivity contribution is -0.119. The van der Waals surface area contributed by atoms with Crippen molar-refractivity contribution in [2.24, 2.45) is 5.73 Å². The Balaban J connectivity index is 0.00000312. The van der Waals surface area contributed by atoms with E-state index in [0.717, 1.165) is 57.9 Å². The summed E-state index contributed by atoms with van der Waals surface area (Å²) in [5, 5.41) is 3.43. The molecule has 0 radical (unpaired) electrons. The van der Waals surface area contributed by atoms with E-state index in [2.05, 4.69) is 10.2 Å². The first-order chi connectivity index (χ1) is 11.7. The molecule has 9 heteroatoms. The van der Waals surface area contributed by atoms with Gasteiger partial charge in [0.1, 0.15) is 0 Å². The zero-order chi connectivity index (χ0) is 17.2. The summed E-state index contributed by atoms with van der Waals surface area (Å²) in [4.78, 5) is 13.2. The van der Waals surface area contributed by atoms with Gasteiger partial charge in [-0.25, -0.2) is 0 Å². The van der Waals surface area contributed by atoms with Crippen LogP contribution in [0.5, 0.6) is 11.5 Å². The molecule has 1 fully saturated rings. The van der Waals surface area contributed by atoms with Crippen molar-refractivity contribution in [3.8, 4) is 11.5 Å². The van der Waals surface area contributed by atoms with Crippen LogP contribution in [-0.4, -0.2) is 63.9 Å². The van der Waals surface area contributed by atoms with Gasteiger partial charge < -0.3 is 50.1 Å². The third-order valence-corrected chi connectivity index (χ3v) is 3.86. The highest BCUT2D eigenvalue weighted by atomic mass is 35.5. The van der Waals surface area contributed by atoms with Crippen LogP contribution < -0.4 is 45.3 Å². The number of hydrogen-bond acceptors (Lipinski definition) is 6. The Labute approximate surface area is 167 Å². The molecule has 2 rings (SSSR count). The molecule has 1 aliphatic heterocycles. The van der Waals surface area contributed by atoms with Crippen LogP contribution in [0.25, 0.3) is 0 Å². The Kier molecular flexibility index (Phi) is 13.2. The molecule has 0 bridgehead atoms. The van der Waals surface area contributed by atoms with Gasteiger partial charge in [0, 0.05) is 19.6 Å². The number of primary amides is 1. The van der Waals surface area contributed by atoms with Gasteiger partial charge in [-0.05, 0) is 37.2 Å². The van der Waals surface area contributed by atoms with Gasteiger partial charge in [0.15, 0.2) is 18.1 Å². The average molecular weight is 408 g/mol. The number of amides is 1. The zero-order valence-electron chi connectivity index (χ0n) is 15.0. The minimum atomic E-state index is -0.511. The Morgan fingerprint density at radius 2 is 2.00 bits per heavy atom. The van der Waals surface area contributed by atoms with Crippen molar-refractivity contribution in [2.75, 3.05) is 53.1 Å². The summed E-state index contributed by atoms with van der Waals surface area (Å²) >= 11 is 0. The molecule has 0 spiro atoms. The van der Waals surface area contributed by atoms with Gasteiger partial charge in [-0.2, -0.15) is 0 Å². The van der Waals surface area contributed by atoms with Gasteiger partial charge in [0.05, 0.1) is 20.3 Å². The maximum atomic E-state index is 10.8. The van der Waals surface area contributed by atoms with E-state index in [9.17, 15) is 4.79 Å². The van der Waals surface area contributed by atoms with Crippen LogP contribution in [0.4, 0.5) is 0 Å². The second kappa shape index (κ2) is 13.9.